The van der Waals surface area contributed by atoms with Crippen LogP contribution in [0.15, 0.2) is 35.5 Å². The van der Waals surface area contributed by atoms with Gasteiger partial charge in [0.25, 0.3) is 5.91 Å². The number of aryl methyl sites for hydroxylation is 1. The summed E-state index contributed by atoms with van der Waals surface area (Å²) >= 11 is 0. The molecule has 0 atom stereocenters. The van der Waals surface area contributed by atoms with E-state index in [0.717, 1.165) is 24.1 Å². The molecule has 0 saturated heterocycles. The summed E-state index contributed by atoms with van der Waals surface area (Å²) < 4.78 is 90.7. The maximum Gasteiger partial charge on any atom is 0.416 e. The summed E-state index contributed by atoms with van der Waals surface area (Å²) in [6, 6.07) is 1.82. The molecule has 0 aliphatic carbocycles. The standard InChI is InChI=1S/C22H18F6N2O5/c1-10-5-13(23)17(35-19-14(24)6-11(7-15(19)25)22(26,27)28)8-16(10)29-18-12(21(33)34-2)9-30(3-4-31)20(18)32/h5-8,29,31H,3-4,9H2,1-2H3. The molecular formula is C22H18F6N2O5. The number of ether oxygens (including phenoxy) is 2. The molecule has 1 heterocycles. The van der Waals surface area contributed by atoms with E-state index < -0.39 is 52.6 Å². The normalized spacial score (nSPS) is 14.0. The molecule has 35 heavy (non-hydrogen) atoms. The van der Waals surface area contributed by atoms with Crippen molar-refractivity contribution in [2.45, 2.75) is 13.1 Å². The van der Waals surface area contributed by atoms with E-state index in [1.54, 1.807) is 0 Å². The molecule has 1 aliphatic heterocycles. The summed E-state index contributed by atoms with van der Waals surface area (Å²) in [5.41, 5.74) is -1.74. The maximum absolute atomic E-state index is 14.5. The Kier molecular flexibility index (Phi) is 7.29. The fraction of sp³-hybridized carbons (Fsp3) is 0.273. The number of carbonyl (C=O) groups excluding carboxylic acids is 2. The summed E-state index contributed by atoms with van der Waals surface area (Å²) in [5, 5.41) is 11.8. The molecule has 0 spiro atoms. The van der Waals surface area contributed by atoms with Gasteiger partial charge in [0, 0.05) is 18.3 Å². The Morgan fingerprint density at radius 1 is 1.11 bits per heavy atom. The Bertz CT molecular complexity index is 1190. The molecule has 0 saturated carbocycles. The van der Waals surface area contributed by atoms with E-state index in [1.807, 2.05) is 0 Å². The van der Waals surface area contributed by atoms with Crippen LogP contribution in [-0.2, 0) is 20.5 Å². The molecule has 2 N–H and O–H groups in total. The van der Waals surface area contributed by atoms with E-state index >= 15 is 0 Å². The lowest BCUT2D eigenvalue weighted by molar-refractivity contribution is -0.138. The number of amides is 1. The van der Waals surface area contributed by atoms with Crippen LogP contribution >= 0.6 is 0 Å². The van der Waals surface area contributed by atoms with Gasteiger partial charge in [0.05, 0.1) is 31.4 Å². The highest BCUT2D eigenvalue weighted by Gasteiger charge is 2.35. The van der Waals surface area contributed by atoms with Crippen molar-refractivity contribution in [3.63, 3.8) is 0 Å². The SMILES string of the molecule is COC(=O)C1=C(Nc2cc(Oc3c(F)cc(C(F)(F)F)cc3F)c(F)cc2C)C(=O)N(CCO)C1. The lowest BCUT2D eigenvalue weighted by Gasteiger charge is -2.17. The van der Waals surface area contributed by atoms with Gasteiger partial charge in [-0.3, -0.25) is 4.79 Å². The van der Waals surface area contributed by atoms with Gasteiger partial charge in [-0.2, -0.15) is 13.2 Å². The smallest absolute Gasteiger partial charge is 0.416 e. The van der Waals surface area contributed by atoms with Gasteiger partial charge in [-0.15, -0.1) is 0 Å². The number of halogens is 6. The topological polar surface area (TPSA) is 88.1 Å². The molecule has 0 fully saturated rings. The van der Waals surface area contributed by atoms with Crippen LogP contribution in [0.3, 0.4) is 0 Å². The second-order valence-corrected chi connectivity index (χ2v) is 7.39. The first-order valence-corrected chi connectivity index (χ1v) is 9.90. The zero-order valence-electron chi connectivity index (χ0n) is 18.2. The molecule has 188 valence electrons. The highest BCUT2D eigenvalue weighted by Crippen LogP contribution is 2.37. The van der Waals surface area contributed by atoms with Crippen molar-refractivity contribution in [2.75, 3.05) is 32.1 Å². The average Bonchev–Trinajstić information content (AvgIpc) is 3.07. The molecule has 0 bridgehead atoms. The number of methoxy groups -OCH3 is 1. The molecule has 0 unspecified atom stereocenters. The van der Waals surface area contributed by atoms with Gasteiger partial charge in [-0.05, 0) is 30.7 Å². The van der Waals surface area contributed by atoms with E-state index in [2.05, 4.69) is 10.1 Å². The summed E-state index contributed by atoms with van der Waals surface area (Å²) in [4.78, 5) is 25.9. The number of alkyl halides is 3. The van der Waals surface area contributed by atoms with Crippen LogP contribution < -0.4 is 10.1 Å². The van der Waals surface area contributed by atoms with Crippen molar-refractivity contribution in [3.05, 3.63) is 64.1 Å². The van der Waals surface area contributed by atoms with Crippen LogP contribution in [-0.4, -0.2) is 48.7 Å². The Hall–Kier alpha value is -3.74. The molecular weight excluding hydrogens is 486 g/mol. The van der Waals surface area contributed by atoms with Crippen molar-refractivity contribution in [2.24, 2.45) is 0 Å². The third kappa shape index (κ3) is 5.34. The number of hydrogen-bond acceptors (Lipinski definition) is 6. The van der Waals surface area contributed by atoms with Crippen LogP contribution in [0.5, 0.6) is 11.5 Å². The first kappa shape index (κ1) is 25.9. The number of β-amino-alcohol motifs (C(OH)–C–C–N with tert-alkyl or cyclic N) is 1. The number of nitrogens with zero attached hydrogens (tertiary/aromatic N) is 1. The fourth-order valence-corrected chi connectivity index (χ4v) is 3.28. The van der Waals surface area contributed by atoms with Gasteiger partial charge in [-0.25, -0.2) is 18.0 Å². The fourth-order valence-electron chi connectivity index (χ4n) is 3.28. The molecule has 1 aliphatic rings. The van der Waals surface area contributed by atoms with Crippen molar-refractivity contribution < 1.29 is 50.5 Å². The average molecular weight is 504 g/mol. The van der Waals surface area contributed by atoms with Crippen molar-refractivity contribution in [1.82, 2.24) is 4.90 Å². The van der Waals surface area contributed by atoms with E-state index in [9.17, 15) is 35.9 Å². The summed E-state index contributed by atoms with van der Waals surface area (Å²) in [6.45, 7) is 0.761. The zero-order valence-corrected chi connectivity index (χ0v) is 18.2. The molecule has 2 aromatic carbocycles. The monoisotopic (exact) mass is 504 g/mol. The van der Waals surface area contributed by atoms with E-state index in [4.69, 9.17) is 9.84 Å². The molecule has 0 radical (unpaired) electrons. The molecule has 7 nitrogen and oxygen atoms in total. The molecule has 1 amide bonds. The number of carbonyl (C=O) groups is 2. The van der Waals surface area contributed by atoms with Crippen LogP contribution in [0.2, 0.25) is 0 Å². The van der Waals surface area contributed by atoms with Gasteiger partial charge in [0.15, 0.2) is 29.0 Å². The quantitative estimate of drug-likeness (QED) is 0.440. The zero-order chi connectivity index (χ0) is 26.1. The predicted molar refractivity (Wildman–Crippen MR) is 109 cm³/mol. The maximum atomic E-state index is 14.5. The molecule has 13 heteroatoms. The van der Waals surface area contributed by atoms with Crippen LogP contribution in [0.25, 0.3) is 0 Å². The van der Waals surface area contributed by atoms with E-state index in [1.165, 1.54) is 6.92 Å². The number of nitrogens with one attached hydrogen (secondary N) is 1. The third-order valence-corrected chi connectivity index (χ3v) is 5.03. The minimum atomic E-state index is -5.02. The largest absolute Gasteiger partial charge is 0.466 e. The summed E-state index contributed by atoms with van der Waals surface area (Å²) in [7, 11) is 1.09. The summed E-state index contributed by atoms with van der Waals surface area (Å²) in [5.74, 6) is -8.09. The Morgan fingerprint density at radius 3 is 2.29 bits per heavy atom. The Morgan fingerprint density at radius 2 is 1.74 bits per heavy atom. The van der Waals surface area contributed by atoms with Crippen molar-refractivity contribution >= 4 is 17.6 Å². The first-order valence-electron chi connectivity index (χ1n) is 9.90. The number of benzene rings is 2. The number of anilines is 1. The third-order valence-electron chi connectivity index (χ3n) is 5.03. The van der Waals surface area contributed by atoms with Crippen LogP contribution in [0, 0.1) is 24.4 Å². The number of esters is 1. The van der Waals surface area contributed by atoms with Gasteiger partial charge in [0.2, 0.25) is 0 Å². The van der Waals surface area contributed by atoms with Crippen molar-refractivity contribution in [1.29, 1.82) is 0 Å². The number of hydrogen-bond donors (Lipinski definition) is 2. The van der Waals surface area contributed by atoms with Crippen LogP contribution in [0.4, 0.5) is 32.0 Å². The summed E-state index contributed by atoms with van der Waals surface area (Å²) in [6.07, 6.45) is -5.02. The predicted octanol–water partition coefficient (Wildman–Crippen LogP) is 3.90. The second kappa shape index (κ2) is 9.86. The van der Waals surface area contributed by atoms with Gasteiger partial charge >= 0.3 is 12.1 Å². The van der Waals surface area contributed by atoms with Gasteiger partial charge < -0.3 is 24.8 Å². The van der Waals surface area contributed by atoms with E-state index in [0.29, 0.717) is 0 Å². The lowest BCUT2D eigenvalue weighted by atomic mass is 10.1. The number of rotatable bonds is 7. The van der Waals surface area contributed by atoms with Gasteiger partial charge in [0.1, 0.15) is 5.70 Å². The van der Waals surface area contributed by atoms with Gasteiger partial charge in [-0.1, -0.05) is 0 Å². The molecule has 3 rings (SSSR count). The lowest BCUT2D eigenvalue weighted by Crippen LogP contribution is -2.31. The molecule has 2 aromatic rings. The second-order valence-electron chi connectivity index (χ2n) is 7.39. The minimum Gasteiger partial charge on any atom is -0.466 e. The number of aliphatic hydroxyl groups excluding tert-OH is 1. The van der Waals surface area contributed by atoms with Crippen molar-refractivity contribution in [3.8, 4) is 11.5 Å². The number of aliphatic hydroxyl groups is 1. The van der Waals surface area contributed by atoms with E-state index in [-0.39, 0.29) is 54.4 Å². The molecule has 0 aromatic heterocycles. The Balaban J connectivity index is 1.98. The minimum absolute atomic E-state index is 0.00403. The van der Waals surface area contributed by atoms with Crippen LogP contribution in [0.1, 0.15) is 11.1 Å². The highest BCUT2D eigenvalue weighted by atomic mass is 19.4. The first-order chi connectivity index (χ1) is 16.4. The Labute approximate surface area is 194 Å². The highest BCUT2D eigenvalue weighted by molar-refractivity contribution is 6.08.